The molecule has 4 aromatic rings. The van der Waals surface area contributed by atoms with E-state index >= 15 is 0 Å². The second kappa shape index (κ2) is 7.12. The summed E-state index contributed by atoms with van der Waals surface area (Å²) < 4.78 is 33.3. The van der Waals surface area contributed by atoms with Gasteiger partial charge in [0.25, 0.3) is 10.0 Å². The van der Waals surface area contributed by atoms with Crippen molar-refractivity contribution in [2.24, 2.45) is 0 Å². The molecule has 0 bridgehead atoms. The number of anilines is 1. The number of aryl methyl sites for hydroxylation is 3. The van der Waals surface area contributed by atoms with E-state index in [1.54, 1.807) is 48.6 Å². The van der Waals surface area contributed by atoms with Crippen molar-refractivity contribution in [2.45, 2.75) is 25.0 Å². The molecule has 4 rings (SSSR count). The van der Waals surface area contributed by atoms with Crippen molar-refractivity contribution >= 4 is 38.4 Å². The van der Waals surface area contributed by atoms with Crippen LogP contribution in [0.4, 0.5) is 5.69 Å². The van der Waals surface area contributed by atoms with Crippen LogP contribution in [0.3, 0.4) is 0 Å². The Morgan fingerprint density at radius 2 is 1.71 bits per heavy atom. The van der Waals surface area contributed by atoms with Crippen LogP contribution in [-0.4, -0.2) is 23.5 Å². The van der Waals surface area contributed by atoms with E-state index in [-0.39, 0.29) is 4.21 Å². The highest BCUT2D eigenvalue weighted by Gasteiger charge is 2.19. The Hall–Kier alpha value is -2.56. The molecule has 3 heterocycles. The summed E-state index contributed by atoms with van der Waals surface area (Å²) in [6.07, 6.45) is 0. The lowest BCUT2D eigenvalue weighted by atomic mass is 10.2. The fourth-order valence-electron chi connectivity index (χ4n) is 2.66. The summed E-state index contributed by atoms with van der Waals surface area (Å²) in [5.74, 6) is 0.935. The van der Waals surface area contributed by atoms with Crippen LogP contribution >= 0.6 is 22.7 Å². The first kappa shape index (κ1) is 18.8. The second-order valence-corrected chi connectivity index (χ2v) is 10.3. The van der Waals surface area contributed by atoms with Gasteiger partial charge in [-0.15, -0.1) is 22.7 Å². The summed E-state index contributed by atoms with van der Waals surface area (Å²) in [5, 5.41) is 4.81. The van der Waals surface area contributed by atoms with Gasteiger partial charge in [0.05, 0.1) is 15.6 Å². The summed E-state index contributed by atoms with van der Waals surface area (Å²) in [4.78, 5) is 10.5. The molecule has 0 fully saturated rings. The normalized spacial score (nSPS) is 11.7. The third-order valence-corrected chi connectivity index (χ3v) is 8.11. The van der Waals surface area contributed by atoms with E-state index in [9.17, 15) is 8.42 Å². The maximum Gasteiger partial charge on any atom is 0.271 e. The van der Waals surface area contributed by atoms with Gasteiger partial charge in [-0.1, -0.05) is 5.16 Å². The van der Waals surface area contributed by atoms with Gasteiger partial charge in [0, 0.05) is 23.1 Å². The summed E-state index contributed by atoms with van der Waals surface area (Å²) in [5.41, 5.74) is 2.12. The van der Waals surface area contributed by atoms with Crippen molar-refractivity contribution in [3.8, 4) is 21.1 Å². The Bertz CT molecular complexity index is 1240. The van der Waals surface area contributed by atoms with E-state index in [0.717, 1.165) is 26.0 Å². The summed E-state index contributed by atoms with van der Waals surface area (Å²) in [6.45, 7) is 5.58. The van der Waals surface area contributed by atoms with Crippen molar-refractivity contribution < 1.29 is 12.9 Å². The number of hydrogen-bond acceptors (Lipinski definition) is 8. The molecule has 1 aromatic carbocycles. The number of benzene rings is 1. The molecule has 0 atom stereocenters. The summed E-state index contributed by atoms with van der Waals surface area (Å²) >= 11 is 2.79. The van der Waals surface area contributed by atoms with Crippen LogP contribution in [0.25, 0.3) is 21.1 Å². The maximum absolute atomic E-state index is 12.7. The van der Waals surface area contributed by atoms with Crippen LogP contribution in [0.5, 0.6) is 0 Å². The Balaban J connectivity index is 1.55. The molecule has 3 aromatic heterocycles. The molecule has 0 aliphatic rings. The lowest BCUT2D eigenvalue weighted by molar-refractivity contribution is 0.394. The topological polar surface area (TPSA) is 98.0 Å². The first-order valence-electron chi connectivity index (χ1n) is 8.29. The molecule has 28 heavy (non-hydrogen) atoms. The molecule has 0 radical (unpaired) electrons. The maximum atomic E-state index is 12.7. The molecule has 7 nitrogen and oxygen atoms in total. The molecule has 0 spiro atoms. The number of thiophene rings is 1. The quantitative estimate of drug-likeness (QED) is 0.493. The molecule has 0 amide bonds. The van der Waals surface area contributed by atoms with Gasteiger partial charge in [-0.25, -0.2) is 13.4 Å². The van der Waals surface area contributed by atoms with E-state index in [0.29, 0.717) is 17.4 Å². The van der Waals surface area contributed by atoms with Gasteiger partial charge in [-0.05, 0) is 50.2 Å². The number of nitrogens with one attached hydrogen (secondary N) is 1. The lowest BCUT2D eigenvalue weighted by Crippen LogP contribution is -2.11. The van der Waals surface area contributed by atoms with Crippen molar-refractivity contribution in [1.29, 1.82) is 0 Å². The number of aromatic nitrogens is 3. The molecule has 144 valence electrons. The SMILES string of the molecule is Cc1nc(-c2ccc(NS(=O)(=O)c3ccc(-c4sc(C)nc4C)s3)cc2)no1. The van der Waals surface area contributed by atoms with Crippen LogP contribution in [0.1, 0.15) is 16.6 Å². The summed E-state index contributed by atoms with van der Waals surface area (Å²) in [6, 6.07) is 10.3. The molecule has 1 N–H and O–H groups in total. The fourth-order valence-corrected chi connectivity index (χ4v) is 6.10. The van der Waals surface area contributed by atoms with Crippen LogP contribution in [0, 0.1) is 20.8 Å². The summed E-state index contributed by atoms with van der Waals surface area (Å²) in [7, 11) is -3.68. The molecular formula is C18H16N4O3S3. The third-order valence-electron chi connectivity index (χ3n) is 3.90. The van der Waals surface area contributed by atoms with E-state index in [1.165, 1.54) is 11.3 Å². The highest BCUT2D eigenvalue weighted by molar-refractivity contribution is 7.94. The minimum atomic E-state index is -3.68. The van der Waals surface area contributed by atoms with Gasteiger partial charge in [0.2, 0.25) is 11.7 Å². The largest absolute Gasteiger partial charge is 0.339 e. The van der Waals surface area contributed by atoms with Crippen molar-refractivity contribution in [1.82, 2.24) is 15.1 Å². The van der Waals surface area contributed by atoms with E-state index in [4.69, 9.17) is 4.52 Å². The minimum Gasteiger partial charge on any atom is -0.339 e. The van der Waals surface area contributed by atoms with Gasteiger partial charge in [0.15, 0.2) is 0 Å². The number of hydrogen-bond donors (Lipinski definition) is 1. The Labute approximate surface area is 170 Å². The molecular weight excluding hydrogens is 416 g/mol. The molecule has 0 aliphatic carbocycles. The predicted octanol–water partition coefficient (Wildman–Crippen LogP) is 4.65. The third kappa shape index (κ3) is 3.71. The Kier molecular flexibility index (Phi) is 4.77. The monoisotopic (exact) mass is 432 g/mol. The van der Waals surface area contributed by atoms with Crippen molar-refractivity contribution in [3.63, 3.8) is 0 Å². The van der Waals surface area contributed by atoms with Gasteiger partial charge >= 0.3 is 0 Å². The van der Waals surface area contributed by atoms with E-state index < -0.39 is 10.0 Å². The second-order valence-electron chi connectivity index (χ2n) is 6.09. The molecule has 0 saturated carbocycles. The van der Waals surface area contributed by atoms with Crippen molar-refractivity contribution in [2.75, 3.05) is 4.72 Å². The Morgan fingerprint density at radius 1 is 0.964 bits per heavy atom. The van der Waals surface area contributed by atoms with Crippen molar-refractivity contribution in [3.05, 3.63) is 53.0 Å². The van der Waals surface area contributed by atoms with E-state index in [1.807, 2.05) is 19.9 Å². The molecule has 10 heteroatoms. The lowest BCUT2D eigenvalue weighted by Gasteiger charge is -2.06. The zero-order valence-electron chi connectivity index (χ0n) is 15.3. The number of thiazole rings is 1. The Morgan fingerprint density at radius 3 is 2.32 bits per heavy atom. The minimum absolute atomic E-state index is 0.255. The number of sulfonamides is 1. The standard InChI is InChI=1S/C18H16N4O3S3/c1-10-17(26-12(3)19-10)15-8-9-16(27-15)28(23,24)22-14-6-4-13(5-7-14)18-20-11(2)25-21-18/h4-9,22H,1-3H3. The number of nitrogens with zero attached hydrogens (tertiary/aromatic N) is 3. The average molecular weight is 433 g/mol. The highest BCUT2D eigenvalue weighted by atomic mass is 32.2. The van der Waals surface area contributed by atoms with Gasteiger partial charge in [-0.2, -0.15) is 4.98 Å². The van der Waals surface area contributed by atoms with Gasteiger partial charge < -0.3 is 4.52 Å². The van der Waals surface area contributed by atoms with Crippen LogP contribution in [0.15, 0.2) is 45.1 Å². The highest BCUT2D eigenvalue weighted by Crippen LogP contribution is 2.36. The smallest absolute Gasteiger partial charge is 0.271 e. The van der Waals surface area contributed by atoms with Gasteiger partial charge in [-0.3, -0.25) is 4.72 Å². The fraction of sp³-hybridized carbons (Fsp3) is 0.167. The predicted molar refractivity (Wildman–Crippen MR) is 110 cm³/mol. The van der Waals surface area contributed by atoms with Crippen LogP contribution < -0.4 is 4.72 Å². The molecule has 0 saturated heterocycles. The average Bonchev–Trinajstić information content (AvgIpc) is 3.35. The molecule has 0 unspecified atom stereocenters. The number of rotatable bonds is 5. The zero-order chi connectivity index (χ0) is 19.9. The first-order valence-corrected chi connectivity index (χ1v) is 11.4. The van der Waals surface area contributed by atoms with Crippen LogP contribution in [0.2, 0.25) is 0 Å². The molecule has 0 aliphatic heterocycles. The first-order chi connectivity index (χ1) is 13.3. The van der Waals surface area contributed by atoms with E-state index in [2.05, 4.69) is 19.8 Å². The van der Waals surface area contributed by atoms with Gasteiger partial charge in [0.1, 0.15) is 4.21 Å². The van der Waals surface area contributed by atoms with Crippen LogP contribution in [-0.2, 0) is 10.0 Å². The zero-order valence-corrected chi connectivity index (χ0v) is 17.7.